The van der Waals surface area contributed by atoms with Gasteiger partial charge >= 0.3 is 0 Å². The van der Waals surface area contributed by atoms with Gasteiger partial charge in [-0.2, -0.15) is 0 Å². The molecule has 2 N–H and O–H groups in total. The first kappa shape index (κ1) is 21.4. The van der Waals surface area contributed by atoms with Crippen molar-refractivity contribution in [1.82, 2.24) is 15.5 Å². The highest BCUT2D eigenvalue weighted by atomic mass is 19.1. The number of hydrogen-bond acceptors (Lipinski definition) is 4. The van der Waals surface area contributed by atoms with Gasteiger partial charge in [-0.15, -0.1) is 0 Å². The van der Waals surface area contributed by atoms with Gasteiger partial charge in [0.05, 0.1) is 19.3 Å². The van der Waals surface area contributed by atoms with E-state index in [1.54, 1.807) is 19.2 Å². The van der Waals surface area contributed by atoms with Crippen molar-refractivity contribution >= 4 is 5.96 Å². The van der Waals surface area contributed by atoms with Gasteiger partial charge in [0.1, 0.15) is 11.6 Å². The van der Waals surface area contributed by atoms with Gasteiger partial charge in [-0.25, -0.2) is 4.39 Å². The molecule has 1 aromatic rings. The molecule has 1 saturated heterocycles. The molecule has 0 spiro atoms. The largest absolute Gasteiger partial charge is 0.494 e. The molecule has 0 saturated carbocycles. The molecule has 0 bridgehead atoms. The lowest BCUT2D eigenvalue weighted by molar-refractivity contribution is -0.0284. The van der Waals surface area contributed by atoms with E-state index < -0.39 is 0 Å². The zero-order valence-corrected chi connectivity index (χ0v) is 16.7. The van der Waals surface area contributed by atoms with Crippen LogP contribution in [0.1, 0.15) is 20.3 Å². The molecule has 1 unspecified atom stereocenters. The molecule has 0 amide bonds. The molecular weight excluding hydrogens is 347 g/mol. The first-order valence-corrected chi connectivity index (χ1v) is 9.73. The summed E-state index contributed by atoms with van der Waals surface area (Å²) in [6.45, 7) is 10.4. The monoisotopic (exact) mass is 380 g/mol. The molecule has 0 aliphatic carbocycles. The summed E-state index contributed by atoms with van der Waals surface area (Å²) in [5.74, 6) is 1.86. The standard InChI is InChI=1S/C20H33FN4O2/c1-16(2)14-25-10-12-27-19(15-25)13-24-20(22-3)23-9-4-11-26-18-7-5-17(21)6-8-18/h5-8,16,19H,4,9-15H2,1-3H3,(H2,22,23,24). The smallest absolute Gasteiger partial charge is 0.191 e. The van der Waals surface area contributed by atoms with Gasteiger partial charge in [0.2, 0.25) is 0 Å². The zero-order chi connectivity index (χ0) is 19.5. The summed E-state index contributed by atoms with van der Waals surface area (Å²) in [5.41, 5.74) is 0. The lowest BCUT2D eigenvalue weighted by Gasteiger charge is -2.34. The summed E-state index contributed by atoms with van der Waals surface area (Å²) in [4.78, 5) is 6.71. The number of benzene rings is 1. The summed E-state index contributed by atoms with van der Waals surface area (Å²) < 4.78 is 24.3. The second kappa shape index (κ2) is 11.8. The summed E-state index contributed by atoms with van der Waals surface area (Å²) >= 11 is 0. The first-order chi connectivity index (χ1) is 13.1. The Bertz CT molecular complexity index is 566. The van der Waals surface area contributed by atoms with Crippen LogP contribution in [0.5, 0.6) is 5.75 Å². The van der Waals surface area contributed by atoms with E-state index in [0.29, 0.717) is 18.3 Å². The lowest BCUT2D eigenvalue weighted by Crippen LogP contribution is -2.50. The van der Waals surface area contributed by atoms with Crippen molar-refractivity contribution in [3.63, 3.8) is 0 Å². The molecule has 1 aliphatic rings. The van der Waals surface area contributed by atoms with Gasteiger partial charge < -0.3 is 20.1 Å². The topological polar surface area (TPSA) is 58.1 Å². The Morgan fingerprint density at radius 3 is 2.81 bits per heavy atom. The van der Waals surface area contributed by atoms with E-state index in [1.807, 2.05) is 0 Å². The molecule has 0 radical (unpaired) electrons. The predicted octanol–water partition coefficient (Wildman–Crippen LogP) is 2.12. The summed E-state index contributed by atoms with van der Waals surface area (Å²) in [6, 6.07) is 6.07. The maximum absolute atomic E-state index is 12.8. The van der Waals surface area contributed by atoms with Gasteiger partial charge in [0.15, 0.2) is 5.96 Å². The maximum Gasteiger partial charge on any atom is 0.191 e. The van der Waals surface area contributed by atoms with Crippen molar-refractivity contribution in [3.05, 3.63) is 30.1 Å². The fourth-order valence-electron chi connectivity index (χ4n) is 3.02. The second-order valence-corrected chi connectivity index (χ2v) is 7.18. The van der Waals surface area contributed by atoms with Crippen LogP contribution in [0.4, 0.5) is 4.39 Å². The van der Waals surface area contributed by atoms with E-state index in [4.69, 9.17) is 9.47 Å². The lowest BCUT2D eigenvalue weighted by atomic mass is 10.2. The van der Waals surface area contributed by atoms with Crippen LogP contribution in [0.15, 0.2) is 29.3 Å². The van der Waals surface area contributed by atoms with Crippen LogP contribution in [0, 0.1) is 11.7 Å². The average molecular weight is 381 g/mol. The Hall–Kier alpha value is -1.86. The zero-order valence-electron chi connectivity index (χ0n) is 16.7. The van der Waals surface area contributed by atoms with Crippen molar-refractivity contribution < 1.29 is 13.9 Å². The number of halogens is 1. The Kier molecular flexibility index (Phi) is 9.35. The van der Waals surface area contributed by atoms with Crippen molar-refractivity contribution in [3.8, 4) is 5.75 Å². The third-order valence-corrected chi connectivity index (χ3v) is 4.26. The average Bonchev–Trinajstić information content (AvgIpc) is 2.65. The molecule has 7 heteroatoms. The highest BCUT2D eigenvalue weighted by Gasteiger charge is 2.20. The van der Waals surface area contributed by atoms with E-state index >= 15 is 0 Å². The summed E-state index contributed by atoms with van der Waals surface area (Å²) in [5, 5.41) is 6.61. The number of guanidine groups is 1. The van der Waals surface area contributed by atoms with Crippen LogP contribution >= 0.6 is 0 Å². The predicted molar refractivity (Wildman–Crippen MR) is 107 cm³/mol. The highest BCUT2D eigenvalue weighted by molar-refractivity contribution is 5.79. The SMILES string of the molecule is CN=C(NCCCOc1ccc(F)cc1)NCC1CN(CC(C)C)CCO1. The van der Waals surface area contributed by atoms with Gasteiger partial charge in [0, 0.05) is 39.8 Å². The van der Waals surface area contributed by atoms with Crippen molar-refractivity contribution in [1.29, 1.82) is 0 Å². The molecule has 1 heterocycles. The van der Waals surface area contributed by atoms with Crippen LogP contribution in [-0.2, 0) is 4.74 Å². The molecule has 1 aliphatic heterocycles. The van der Waals surface area contributed by atoms with Gasteiger partial charge in [-0.05, 0) is 36.6 Å². The summed E-state index contributed by atoms with van der Waals surface area (Å²) in [6.07, 6.45) is 0.998. The van der Waals surface area contributed by atoms with E-state index in [-0.39, 0.29) is 11.9 Å². The molecule has 1 fully saturated rings. The number of rotatable bonds is 9. The molecule has 1 aromatic carbocycles. The van der Waals surface area contributed by atoms with Crippen LogP contribution in [0.25, 0.3) is 0 Å². The minimum atomic E-state index is -0.256. The van der Waals surface area contributed by atoms with Crippen LogP contribution in [0.3, 0.4) is 0 Å². The summed E-state index contributed by atoms with van der Waals surface area (Å²) in [7, 11) is 1.76. The minimum Gasteiger partial charge on any atom is -0.494 e. The molecule has 0 aromatic heterocycles. The third kappa shape index (κ3) is 8.58. The van der Waals surface area contributed by atoms with Crippen LogP contribution in [-0.4, -0.2) is 69.9 Å². The number of hydrogen-bond donors (Lipinski definition) is 2. The van der Waals surface area contributed by atoms with Crippen LogP contribution < -0.4 is 15.4 Å². The van der Waals surface area contributed by atoms with Gasteiger partial charge in [-0.1, -0.05) is 13.8 Å². The van der Waals surface area contributed by atoms with Crippen molar-refractivity contribution in [2.75, 3.05) is 53.0 Å². The second-order valence-electron chi connectivity index (χ2n) is 7.18. The first-order valence-electron chi connectivity index (χ1n) is 9.73. The molecule has 1 atom stereocenters. The number of nitrogens with zero attached hydrogens (tertiary/aromatic N) is 2. The molecule has 6 nitrogen and oxygen atoms in total. The number of nitrogens with one attached hydrogen (secondary N) is 2. The molecule has 2 rings (SSSR count). The fourth-order valence-corrected chi connectivity index (χ4v) is 3.02. The highest BCUT2D eigenvalue weighted by Crippen LogP contribution is 2.11. The Labute approximate surface area is 162 Å². The van der Waals surface area contributed by atoms with Crippen molar-refractivity contribution in [2.45, 2.75) is 26.4 Å². The Balaban J connectivity index is 1.59. The van der Waals surface area contributed by atoms with E-state index in [9.17, 15) is 4.39 Å². The molecule has 152 valence electrons. The number of morpholine rings is 1. The molecule has 27 heavy (non-hydrogen) atoms. The Morgan fingerprint density at radius 1 is 1.33 bits per heavy atom. The normalized spacial score (nSPS) is 18.6. The minimum absolute atomic E-state index is 0.179. The quantitative estimate of drug-likeness (QED) is 0.390. The molecular formula is C20H33FN4O2. The van der Waals surface area contributed by atoms with Gasteiger partial charge in [-0.3, -0.25) is 9.89 Å². The fraction of sp³-hybridized carbons (Fsp3) is 0.650. The number of ether oxygens (including phenoxy) is 2. The van der Waals surface area contributed by atoms with Crippen molar-refractivity contribution in [2.24, 2.45) is 10.9 Å². The van der Waals surface area contributed by atoms with Crippen LogP contribution in [0.2, 0.25) is 0 Å². The van der Waals surface area contributed by atoms with Gasteiger partial charge in [0.25, 0.3) is 0 Å². The third-order valence-electron chi connectivity index (χ3n) is 4.26. The van der Waals surface area contributed by atoms with E-state index in [0.717, 1.165) is 51.7 Å². The van der Waals surface area contributed by atoms with E-state index in [2.05, 4.69) is 34.4 Å². The van der Waals surface area contributed by atoms with E-state index in [1.165, 1.54) is 12.1 Å². The Morgan fingerprint density at radius 2 is 2.11 bits per heavy atom. The number of aliphatic imine (C=N–C) groups is 1. The maximum atomic E-state index is 12.8.